The number of nitrogens with zero attached hydrogens (tertiary/aromatic N) is 3. The summed E-state index contributed by atoms with van der Waals surface area (Å²) in [6.07, 6.45) is 5.92. The third kappa shape index (κ3) is 3.42. The van der Waals surface area contributed by atoms with E-state index in [0.29, 0.717) is 18.8 Å². The van der Waals surface area contributed by atoms with Gasteiger partial charge in [0, 0.05) is 17.5 Å². The normalized spacial score (nSPS) is 18.4. The van der Waals surface area contributed by atoms with Crippen LogP contribution in [-0.2, 0) is 13.1 Å². The molecule has 2 heterocycles. The van der Waals surface area contributed by atoms with Crippen molar-refractivity contribution in [2.45, 2.75) is 50.9 Å². The average molecular weight is 428 g/mol. The number of fused-ring (bicyclic) bond motifs is 2. The maximum atomic E-state index is 13.4. The third-order valence-electron chi connectivity index (χ3n) is 6.67. The Morgan fingerprint density at radius 3 is 2.58 bits per heavy atom. The lowest BCUT2D eigenvalue weighted by molar-refractivity contribution is 0.117. The number of rotatable bonds is 5. The molecule has 6 rings (SSSR count). The van der Waals surface area contributed by atoms with E-state index in [4.69, 9.17) is 5.10 Å². The Labute approximate surface area is 185 Å². The molecule has 1 fully saturated rings. The molecule has 0 unspecified atom stereocenters. The molecule has 0 radical (unpaired) electrons. The first-order chi connectivity index (χ1) is 15.3. The predicted molar refractivity (Wildman–Crippen MR) is 126 cm³/mol. The van der Waals surface area contributed by atoms with Gasteiger partial charge >= 0.3 is 0 Å². The maximum Gasteiger partial charge on any atom is 0.275 e. The molecular formula is C26H25N3OS. The molecule has 4 nitrogen and oxygen atoms in total. The summed E-state index contributed by atoms with van der Waals surface area (Å²) in [5.74, 6) is 0. The zero-order valence-corrected chi connectivity index (χ0v) is 18.2. The first kappa shape index (κ1) is 19.0. The number of benzene rings is 2. The summed E-state index contributed by atoms with van der Waals surface area (Å²) in [7, 11) is 0. The summed E-state index contributed by atoms with van der Waals surface area (Å²) < 4.78 is 1.72. The van der Waals surface area contributed by atoms with Crippen molar-refractivity contribution in [2.75, 3.05) is 0 Å². The number of aryl methyl sites for hydroxylation is 1. The highest BCUT2D eigenvalue weighted by atomic mass is 32.1. The number of aromatic nitrogens is 2. The van der Waals surface area contributed by atoms with Gasteiger partial charge in [0.05, 0.1) is 16.9 Å². The summed E-state index contributed by atoms with van der Waals surface area (Å²) in [5.41, 5.74) is 3.81. The average Bonchev–Trinajstić information content (AvgIpc) is 3.52. The molecule has 4 aromatic rings. The summed E-state index contributed by atoms with van der Waals surface area (Å²) in [5, 5.41) is 8.67. The van der Waals surface area contributed by atoms with Gasteiger partial charge in [0.15, 0.2) is 0 Å². The van der Waals surface area contributed by atoms with Gasteiger partial charge in [-0.2, -0.15) is 5.10 Å². The largest absolute Gasteiger partial charge is 0.275 e. The van der Waals surface area contributed by atoms with E-state index >= 15 is 0 Å². The van der Waals surface area contributed by atoms with Crippen LogP contribution in [0.3, 0.4) is 0 Å². The van der Waals surface area contributed by atoms with Crippen molar-refractivity contribution in [1.29, 1.82) is 0 Å². The van der Waals surface area contributed by atoms with E-state index in [1.54, 1.807) is 16.0 Å². The fraction of sp³-hybridized carbons (Fsp3) is 0.308. The quantitative estimate of drug-likeness (QED) is 0.415. The number of thiophene rings is 1. The fourth-order valence-corrected chi connectivity index (χ4v) is 5.75. The molecule has 1 atom stereocenters. The highest BCUT2D eigenvalue weighted by molar-refractivity contribution is 7.13. The van der Waals surface area contributed by atoms with Crippen molar-refractivity contribution in [3.63, 3.8) is 0 Å². The molecule has 1 saturated carbocycles. The SMILES string of the molecule is O=c1c2ccccc2c(-c2cccs2)nn1CN(C1CC1)[C@@H]1CCCc2ccccc21. The van der Waals surface area contributed by atoms with E-state index in [1.165, 1.54) is 30.4 Å². The van der Waals surface area contributed by atoms with Gasteiger partial charge in [-0.1, -0.05) is 48.5 Å². The summed E-state index contributed by atoms with van der Waals surface area (Å²) in [6, 6.07) is 21.8. The van der Waals surface area contributed by atoms with Gasteiger partial charge in [0.2, 0.25) is 0 Å². The Bertz CT molecular complexity index is 1290. The second kappa shape index (κ2) is 7.74. The van der Waals surface area contributed by atoms with Crippen LogP contribution in [0.1, 0.15) is 42.9 Å². The molecule has 156 valence electrons. The minimum absolute atomic E-state index is 0.00523. The summed E-state index contributed by atoms with van der Waals surface area (Å²) >= 11 is 1.67. The van der Waals surface area contributed by atoms with Gasteiger partial charge < -0.3 is 0 Å². The van der Waals surface area contributed by atoms with Crippen LogP contribution in [0.15, 0.2) is 70.8 Å². The first-order valence-corrected chi connectivity index (χ1v) is 12.0. The summed E-state index contributed by atoms with van der Waals surface area (Å²) in [6.45, 7) is 0.547. The molecule has 2 aromatic heterocycles. The predicted octanol–water partition coefficient (Wildman–Crippen LogP) is 5.62. The van der Waals surface area contributed by atoms with E-state index in [2.05, 4.69) is 40.6 Å². The molecule has 0 aliphatic heterocycles. The molecule has 0 bridgehead atoms. The van der Waals surface area contributed by atoms with E-state index in [1.807, 2.05) is 30.3 Å². The third-order valence-corrected chi connectivity index (χ3v) is 7.55. The summed E-state index contributed by atoms with van der Waals surface area (Å²) in [4.78, 5) is 17.1. The van der Waals surface area contributed by atoms with Gasteiger partial charge in [0.25, 0.3) is 5.56 Å². The van der Waals surface area contributed by atoms with E-state index in [9.17, 15) is 4.79 Å². The molecular weight excluding hydrogens is 402 g/mol. The Morgan fingerprint density at radius 1 is 0.968 bits per heavy atom. The smallest absolute Gasteiger partial charge is 0.274 e. The molecule has 2 aromatic carbocycles. The minimum atomic E-state index is 0.00523. The fourth-order valence-electron chi connectivity index (χ4n) is 5.03. The number of hydrogen-bond donors (Lipinski definition) is 0. The monoisotopic (exact) mass is 427 g/mol. The lowest BCUT2D eigenvalue weighted by Gasteiger charge is -2.36. The Morgan fingerprint density at radius 2 is 1.77 bits per heavy atom. The zero-order chi connectivity index (χ0) is 20.8. The van der Waals surface area contributed by atoms with E-state index < -0.39 is 0 Å². The maximum absolute atomic E-state index is 13.4. The Kier molecular flexibility index (Phi) is 4.73. The van der Waals surface area contributed by atoms with Crippen molar-refractivity contribution >= 4 is 22.1 Å². The standard InChI is InChI=1S/C26H25N3OS/c30-26-22-11-4-3-10-21(22)25(24-13-6-16-31-24)27-29(26)17-28(19-14-15-19)23-12-5-8-18-7-1-2-9-20(18)23/h1-4,6-7,9-11,13,16,19,23H,5,8,12,14-15,17H2/t23-/m1/s1. The van der Waals surface area contributed by atoms with Gasteiger partial charge in [-0.25, -0.2) is 4.68 Å². The molecule has 2 aliphatic rings. The topological polar surface area (TPSA) is 38.1 Å². The van der Waals surface area contributed by atoms with Gasteiger partial charge in [-0.15, -0.1) is 11.3 Å². The molecule has 2 aliphatic carbocycles. The molecule has 5 heteroatoms. The lowest BCUT2D eigenvalue weighted by Crippen LogP contribution is -2.39. The van der Waals surface area contributed by atoms with E-state index in [0.717, 1.165) is 34.2 Å². The first-order valence-electron chi connectivity index (χ1n) is 11.2. The molecule has 0 amide bonds. The minimum Gasteiger partial charge on any atom is -0.274 e. The van der Waals surface area contributed by atoms with Crippen LogP contribution in [0.25, 0.3) is 21.3 Å². The molecule has 31 heavy (non-hydrogen) atoms. The Balaban J connectivity index is 1.45. The lowest BCUT2D eigenvalue weighted by atomic mass is 9.87. The van der Waals surface area contributed by atoms with Crippen LogP contribution in [0, 0.1) is 0 Å². The van der Waals surface area contributed by atoms with Gasteiger partial charge in [0.1, 0.15) is 5.69 Å². The second-order valence-corrected chi connectivity index (χ2v) is 9.62. The van der Waals surface area contributed by atoms with Crippen LogP contribution in [0.2, 0.25) is 0 Å². The van der Waals surface area contributed by atoms with E-state index in [-0.39, 0.29) is 5.56 Å². The van der Waals surface area contributed by atoms with Crippen molar-refractivity contribution in [3.8, 4) is 10.6 Å². The second-order valence-electron chi connectivity index (χ2n) is 8.67. The van der Waals surface area contributed by atoms with Crippen LogP contribution in [0.4, 0.5) is 0 Å². The van der Waals surface area contributed by atoms with Crippen LogP contribution < -0.4 is 5.56 Å². The van der Waals surface area contributed by atoms with Crippen molar-refractivity contribution in [2.24, 2.45) is 0 Å². The molecule has 0 N–H and O–H groups in total. The van der Waals surface area contributed by atoms with Crippen molar-refractivity contribution in [1.82, 2.24) is 14.7 Å². The van der Waals surface area contributed by atoms with Crippen LogP contribution in [0.5, 0.6) is 0 Å². The number of hydrogen-bond acceptors (Lipinski definition) is 4. The Hall–Kier alpha value is -2.76. The van der Waals surface area contributed by atoms with Crippen LogP contribution >= 0.6 is 11.3 Å². The highest BCUT2D eigenvalue weighted by Gasteiger charge is 2.37. The van der Waals surface area contributed by atoms with Crippen molar-refractivity contribution in [3.05, 3.63) is 87.5 Å². The highest BCUT2D eigenvalue weighted by Crippen LogP contribution is 2.41. The van der Waals surface area contributed by atoms with Crippen molar-refractivity contribution < 1.29 is 0 Å². The molecule has 0 saturated heterocycles. The van der Waals surface area contributed by atoms with Gasteiger partial charge in [-0.3, -0.25) is 9.69 Å². The zero-order valence-electron chi connectivity index (χ0n) is 17.4. The van der Waals surface area contributed by atoms with Gasteiger partial charge in [-0.05, 0) is 60.7 Å². The van der Waals surface area contributed by atoms with Crippen LogP contribution in [-0.4, -0.2) is 20.7 Å². The molecule has 0 spiro atoms.